The monoisotopic (exact) mass is 351 g/mol. The molecular weight excluding hydrogens is 333 g/mol. The Morgan fingerprint density at radius 1 is 1.18 bits per heavy atom. The molecule has 1 atom stereocenters. The maximum absolute atomic E-state index is 5.83. The van der Waals surface area contributed by atoms with Crippen LogP contribution in [0.2, 0.25) is 0 Å². The Kier molecular flexibility index (Phi) is 5.32. The third-order valence-corrected chi connectivity index (χ3v) is 3.57. The van der Waals surface area contributed by atoms with Crippen LogP contribution in [0.4, 0.5) is 0 Å². The van der Waals surface area contributed by atoms with E-state index in [0.29, 0.717) is 17.2 Å². The molecule has 0 spiro atoms. The molecule has 0 aliphatic heterocycles. The molecule has 0 aromatic heterocycles. The maximum Gasteiger partial charge on any atom is 0.204 e. The van der Waals surface area contributed by atoms with Gasteiger partial charge in [0.05, 0.1) is 24.9 Å². The molecule has 17 heavy (non-hydrogen) atoms. The van der Waals surface area contributed by atoms with Crippen molar-refractivity contribution in [1.29, 1.82) is 0 Å². The van der Waals surface area contributed by atoms with Crippen LogP contribution in [-0.4, -0.2) is 27.4 Å². The van der Waals surface area contributed by atoms with Crippen molar-refractivity contribution in [3.63, 3.8) is 0 Å². The molecule has 0 unspecified atom stereocenters. The number of nitrogens with two attached hydrogens (primary N) is 1. The second kappa shape index (κ2) is 6.30. The Morgan fingerprint density at radius 3 is 2.18 bits per heavy atom. The fourth-order valence-corrected chi connectivity index (χ4v) is 2.51. The molecular formula is C12H18INO3. The highest BCUT2D eigenvalue weighted by Crippen LogP contribution is 2.42. The molecule has 0 amide bonds. The number of rotatable bonds is 5. The minimum absolute atomic E-state index is 0.0892. The summed E-state index contributed by atoms with van der Waals surface area (Å²) in [6, 6.07) is 2.04. The maximum atomic E-state index is 5.83. The molecule has 96 valence electrons. The molecule has 0 saturated heterocycles. The molecule has 0 aliphatic carbocycles. The molecule has 0 aliphatic rings. The largest absolute Gasteiger partial charge is 0.493 e. The zero-order valence-corrected chi connectivity index (χ0v) is 12.7. The van der Waals surface area contributed by atoms with Gasteiger partial charge in [-0.15, -0.1) is 0 Å². The molecule has 1 aromatic carbocycles. The summed E-state index contributed by atoms with van der Waals surface area (Å²) in [6.07, 6.45) is 0.773. The summed E-state index contributed by atoms with van der Waals surface area (Å²) in [7, 11) is 4.83. The van der Waals surface area contributed by atoms with Gasteiger partial charge >= 0.3 is 0 Å². The Labute approximate surface area is 116 Å². The quantitative estimate of drug-likeness (QED) is 0.827. The first kappa shape index (κ1) is 14.4. The van der Waals surface area contributed by atoms with Crippen molar-refractivity contribution in [2.24, 2.45) is 5.73 Å². The third kappa shape index (κ3) is 3.16. The first-order valence-electron chi connectivity index (χ1n) is 5.28. The van der Waals surface area contributed by atoms with Gasteiger partial charge in [0.15, 0.2) is 11.5 Å². The number of halogens is 1. The molecule has 4 nitrogen and oxygen atoms in total. The van der Waals surface area contributed by atoms with Crippen LogP contribution in [0.3, 0.4) is 0 Å². The van der Waals surface area contributed by atoms with Crippen molar-refractivity contribution in [1.82, 2.24) is 0 Å². The van der Waals surface area contributed by atoms with Crippen molar-refractivity contribution in [2.45, 2.75) is 19.4 Å². The highest BCUT2D eigenvalue weighted by Gasteiger charge is 2.19. The van der Waals surface area contributed by atoms with Crippen molar-refractivity contribution in [2.75, 3.05) is 21.3 Å². The number of hydrogen-bond donors (Lipinski definition) is 1. The SMILES string of the molecule is COc1cc(C[C@@H](C)N)c(I)c(OC)c1OC. The van der Waals surface area contributed by atoms with Crippen LogP contribution in [0.5, 0.6) is 17.2 Å². The Morgan fingerprint density at radius 2 is 1.76 bits per heavy atom. The van der Waals surface area contributed by atoms with Crippen molar-refractivity contribution < 1.29 is 14.2 Å². The predicted octanol–water partition coefficient (Wildman–Crippen LogP) is 2.21. The third-order valence-electron chi connectivity index (χ3n) is 2.39. The second-order valence-corrected chi connectivity index (χ2v) is 4.88. The first-order chi connectivity index (χ1) is 8.04. The second-order valence-electron chi connectivity index (χ2n) is 3.80. The van der Waals surface area contributed by atoms with Gasteiger partial charge < -0.3 is 19.9 Å². The molecule has 1 aromatic rings. The van der Waals surface area contributed by atoms with Crippen LogP contribution in [0.25, 0.3) is 0 Å². The lowest BCUT2D eigenvalue weighted by Gasteiger charge is -2.17. The van der Waals surface area contributed by atoms with Crippen LogP contribution >= 0.6 is 22.6 Å². The van der Waals surface area contributed by atoms with Gasteiger partial charge in [-0.1, -0.05) is 0 Å². The van der Waals surface area contributed by atoms with Gasteiger partial charge in [-0.2, -0.15) is 0 Å². The van der Waals surface area contributed by atoms with Gasteiger partial charge in [-0.25, -0.2) is 0 Å². The van der Waals surface area contributed by atoms with Gasteiger partial charge in [0.25, 0.3) is 0 Å². The summed E-state index contributed by atoms with van der Waals surface area (Å²) in [5.74, 6) is 1.98. The van der Waals surface area contributed by atoms with E-state index in [9.17, 15) is 0 Å². The summed E-state index contributed by atoms with van der Waals surface area (Å²) in [5, 5.41) is 0. The van der Waals surface area contributed by atoms with Crippen LogP contribution < -0.4 is 19.9 Å². The summed E-state index contributed by atoms with van der Waals surface area (Å²) in [6.45, 7) is 1.97. The topological polar surface area (TPSA) is 53.7 Å². The average Bonchev–Trinajstić information content (AvgIpc) is 2.30. The number of methoxy groups -OCH3 is 3. The van der Waals surface area contributed by atoms with Crippen LogP contribution in [-0.2, 0) is 6.42 Å². The van der Waals surface area contributed by atoms with Gasteiger partial charge in [-0.05, 0) is 47.6 Å². The van der Waals surface area contributed by atoms with E-state index < -0.39 is 0 Å². The van der Waals surface area contributed by atoms with Gasteiger partial charge in [0, 0.05) is 6.04 Å². The fraction of sp³-hybridized carbons (Fsp3) is 0.500. The minimum atomic E-state index is 0.0892. The smallest absolute Gasteiger partial charge is 0.204 e. The number of ether oxygens (including phenoxy) is 3. The Hall–Kier alpha value is -0.690. The zero-order chi connectivity index (χ0) is 13.0. The molecule has 0 bridgehead atoms. The molecule has 0 fully saturated rings. The van der Waals surface area contributed by atoms with Gasteiger partial charge in [0.2, 0.25) is 5.75 Å². The summed E-state index contributed by atoms with van der Waals surface area (Å²) in [5.41, 5.74) is 6.94. The fourth-order valence-electron chi connectivity index (χ4n) is 1.67. The highest BCUT2D eigenvalue weighted by molar-refractivity contribution is 14.1. The molecule has 5 heteroatoms. The Balaban J connectivity index is 3.34. The average molecular weight is 351 g/mol. The van der Waals surface area contributed by atoms with E-state index in [0.717, 1.165) is 15.6 Å². The van der Waals surface area contributed by atoms with E-state index in [4.69, 9.17) is 19.9 Å². The van der Waals surface area contributed by atoms with E-state index in [1.165, 1.54) is 0 Å². The van der Waals surface area contributed by atoms with Crippen LogP contribution in [0.15, 0.2) is 6.07 Å². The minimum Gasteiger partial charge on any atom is -0.493 e. The van der Waals surface area contributed by atoms with E-state index in [2.05, 4.69) is 22.6 Å². The summed E-state index contributed by atoms with van der Waals surface area (Å²) >= 11 is 2.24. The van der Waals surface area contributed by atoms with Crippen molar-refractivity contribution >= 4 is 22.6 Å². The number of benzene rings is 1. The van der Waals surface area contributed by atoms with Crippen LogP contribution in [0, 0.1) is 3.57 Å². The van der Waals surface area contributed by atoms with Gasteiger partial charge in [-0.3, -0.25) is 0 Å². The van der Waals surface area contributed by atoms with E-state index in [1.807, 2.05) is 13.0 Å². The highest BCUT2D eigenvalue weighted by atomic mass is 127. The summed E-state index contributed by atoms with van der Waals surface area (Å²) < 4.78 is 17.0. The van der Waals surface area contributed by atoms with Crippen molar-refractivity contribution in [3.8, 4) is 17.2 Å². The number of hydrogen-bond acceptors (Lipinski definition) is 4. The summed E-state index contributed by atoms with van der Waals surface area (Å²) in [4.78, 5) is 0. The lowest BCUT2D eigenvalue weighted by molar-refractivity contribution is 0.322. The van der Waals surface area contributed by atoms with E-state index >= 15 is 0 Å². The molecule has 0 radical (unpaired) electrons. The van der Waals surface area contributed by atoms with Crippen molar-refractivity contribution in [3.05, 3.63) is 15.2 Å². The first-order valence-corrected chi connectivity index (χ1v) is 6.35. The lowest BCUT2D eigenvalue weighted by atomic mass is 10.1. The van der Waals surface area contributed by atoms with Gasteiger partial charge in [0.1, 0.15) is 0 Å². The standard InChI is InChI=1S/C12H18INO3/c1-7(14)5-8-6-9(15-2)11(16-3)12(17-4)10(8)13/h6-7H,5,14H2,1-4H3/t7-/m1/s1. The lowest BCUT2D eigenvalue weighted by Crippen LogP contribution is -2.18. The molecule has 2 N–H and O–H groups in total. The molecule has 0 heterocycles. The molecule has 1 rings (SSSR count). The zero-order valence-electron chi connectivity index (χ0n) is 10.5. The predicted molar refractivity (Wildman–Crippen MR) is 76.2 cm³/mol. The Bertz CT molecular complexity index is 394. The normalized spacial score (nSPS) is 12.1. The van der Waals surface area contributed by atoms with E-state index in [-0.39, 0.29) is 6.04 Å². The van der Waals surface area contributed by atoms with Crippen LogP contribution in [0.1, 0.15) is 12.5 Å². The van der Waals surface area contributed by atoms with E-state index in [1.54, 1.807) is 21.3 Å². The molecule has 0 saturated carbocycles.